The van der Waals surface area contributed by atoms with Gasteiger partial charge in [0.25, 0.3) is 0 Å². The molecular formula is C22H25NO6. The molecule has 0 saturated heterocycles. The predicted octanol–water partition coefficient (Wildman–Crippen LogP) is 3.32. The van der Waals surface area contributed by atoms with Crippen molar-refractivity contribution in [2.75, 3.05) is 27.4 Å². The van der Waals surface area contributed by atoms with Gasteiger partial charge in [-0.2, -0.15) is 0 Å². The molecule has 1 unspecified atom stereocenters. The first-order valence-corrected chi connectivity index (χ1v) is 9.64. The minimum absolute atomic E-state index is 0.0627. The molecule has 1 saturated carbocycles. The molecule has 1 N–H and O–H groups in total. The van der Waals surface area contributed by atoms with Crippen LogP contribution in [0.15, 0.2) is 29.2 Å². The van der Waals surface area contributed by atoms with E-state index in [1.165, 1.54) is 12.3 Å². The molecule has 4 rings (SSSR count). The number of aromatic nitrogens is 1. The predicted molar refractivity (Wildman–Crippen MR) is 107 cm³/mol. The van der Waals surface area contributed by atoms with Crippen molar-refractivity contribution in [1.29, 1.82) is 0 Å². The fourth-order valence-electron chi connectivity index (χ4n) is 4.57. The Balaban J connectivity index is 1.84. The Morgan fingerprint density at radius 1 is 1.17 bits per heavy atom. The van der Waals surface area contributed by atoms with Gasteiger partial charge in [0.2, 0.25) is 0 Å². The maximum absolute atomic E-state index is 12.4. The normalized spacial score (nSPS) is 20.3. The first-order valence-electron chi connectivity index (χ1n) is 9.64. The lowest BCUT2D eigenvalue weighted by Gasteiger charge is -2.24. The van der Waals surface area contributed by atoms with E-state index in [0.29, 0.717) is 30.4 Å². The lowest BCUT2D eigenvalue weighted by Crippen LogP contribution is -2.20. The fraction of sp³-hybridized carbons (Fsp3) is 0.455. The summed E-state index contributed by atoms with van der Waals surface area (Å²) in [5.74, 6) is 0.256. The summed E-state index contributed by atoms with van der Waals surface area (Å²) in [6, 6.07) is 5.41. The third kappa shape index (κ3) is 3.00. The van der Waals surface area contributed by atoms with Crippen LogP contribution in [0.25, 0.3) is 11.3 Å². The van der Waals surface area contributed by atoms with Crippen LogP contribution in [0.2, 0.25) is 0 Å². The molecule has 2 atom stereocenters. The quantitative estimate of drug-likeness (QED) is 0.719. The second kappa shape index (κ2) is 6.91. The summed E-state index contributed by atoms with van der Waals surface area (Å²) in [6.45, 7) is 5.44. The Labute approximate surface area is 168 Å². The highest BCUT2D eigenvalue weighted by atomic mass is 16.5. The van der Waals surface area contributed by atoms with Crippen LogP contribution in [0, 0.1) is 5.41 Å². The fourth-order valence-corrected chi connectivity index (χ4v) is 4.57. The second-order valence-electron chi connectivity index (χ2n) is 8.18. The van der Waals surface area contributed by atoms with Crippen molar-refractivity contribution < 1.29 is 24.1 Å². The number of hydrogen-bond acceptors (Lipinski definition) is 5. The van der Waals surface area contributed by atoms with Gasteiger partial charge in [0, 0.05) is 49.9 Å². The minimum Gasteiger partial charge on any atom is -0.493 e. The summed E-state index contributed by atoms with van der Waals surface area (Å²) in [4.78, 5) is 23.9. The highest BCUT2D eigenvalue weighted by Gasteiger charge is 2.62. The van der Waals surface area contributed by atoms with E-state index in [9.17, 15) is 14.7 Å². The molecule has 2 heterocycles. The monoisotopic (exact) mass is 399 g/mol. The van der Waals surface area contributed by atoms with Gasteiger partial charge in [-0.25, -0.2) is 4.79 Å². The largest absolute Gasteiger partial charge is 0.493 e. The molecule has 0 spiro atoms. The summed E-state index contributed by atoms with van der Waals surface area (Å²) in [5.41, 5.74) is 1.93. The van der Waals surface area contributed by atoms with Crippen LogP contribution in [0.3, 0.4) is 0 Å². The van der Waals surface area contributed by atoms with Crippen molar-refractivity contribution in [3.05, 3.63) is 45.7 Å². The van der Waals surface area contributed by atoms with E-state index in [2.05, 4.69) is 13.8 Å². The summed E-state index contributed by atoms with van der Waals surface area (Å²) in [6.07, 6.45) is 2.25. The van der Waals surface area contributed by atoms with Gasteiger partial charge in [-0.05, 0) is 23.1 Å². The van der Waals surface area contributed by atoms with E-state index >= 15 is 0 Å². The maximum atomic E-state index is 12.4. The summed E-state index contributed by atoms with van der Waals surface area (Å²) >= 11 is 0. The Morgan fingerprint density at radius 3 is 2.59 bits per heavy atom. The number of methoxy groups -OCH3 is 2. The van der Waals surface area contributed by atoms with Crippen LogP contribution in [0.5, 0.6) is 11.5 Å². The van der Waals surface area contributed by atoms with Crippen molar-refractivity contribution in [3.63, 3.8) is 0 Å². The zero-order valence-electron chi connectivity index (χ0n) is 17.0. The lowest BCUT2D eigenvalue weighted by atomic mass is 9.93. The molecule has 1 aliphatic carbocycles. The molecule has 1 aromatic heterocycles. The third-order valence-electron chi connectivity index (χ3n) is 6.08. The Morgan fingerprint density at radius 2 is 1.93 bits per heavy atom. The summed E-state index contributed by atoms with van der Waals surface area (Å²) in [7, 11) is 3.24. The summed E-state index contributed by atoms with van der Waals surface area (Å²) in [5, 5.41) is 9.37. The van der Waals surface area contributed by atoms with Gasteiger partial charge in [-0.3, -0.25) is 4.79 Å². The number of benzene rings is 1. The van der Waals surface area contributed by atoms with Crippen molar-refractivity contribution >= 4 is 5.97 Å². The van der Waals surface area contributed by atoms with Gasteiger partial charge in [0.05, 0.1) is 19.4 Å². The van der Waals surface area contributed by atoms with E-state index in [1.54, 1.807) is 14.2 Å². The van der Waals surface area contributed by atoms with Crippen molar-refractivity contribution in [1.82, 2.24) is 4.57 Å². The topological polar surface area (TPSA) is 87.0 Å². The smallest absolute Gasteiger partial charge is 0.341 e. The van der Waals surface area contributed by atoms with E-state index in [1.807, 2.05) is 16.7 Å². The van der Waals surface area contributed by atoms with Gasteiger partial charge in [0.15, 0.2) is 16.9 Å². The van der Waals surface area contributed by atoms with Gasteiger partial charge in [-0.15, -0.1) is 0 Å². The molecule has 7 nitrogen and oxygen atoms in total. The van der Waals surface area contributed by atoms with E-state index < -0.39 is 11.4 Å². The number of carboxylic acids is 1. The zero-order chi connectivity index (χ0) is 20.9. The molecule has 0 radical (unpaired) electrons. The van der Waals surface area contributed by atoms with Crippen LogP contribution in [-0.4, -0.2) is 43.1 Å². The number of nitrogens with zero attached hydrogens (tertiary/aromatic N) is 1. The first-order chi connectivity index (χ1) is 13.8. The van der Waals surface area contributed by atoms with Crippen molar-refractivity contribution in [2.24, 2.45) is 5.41 Å². The van der Waals surface area contributed by atoms with Gasteiger partial charge >= 0.3 is 5.97 Å². The van der Waals surface area contributed by atoms with Crippen molar-refractivity contribution in [3.8, 4) is 22.8 Å². The van der Waals surface area contributed by atoms with Crippen molar-refractivity contribution in [2.45, 2.75) is 32.2 Å². The zero-order valence-corrected chi connectivity index (χ0v) is 17.0. The average Bonchev–Trinajstić information content (AvgIpc) is 3.26. The van der Waals surface area contributed by atoms with Gasteiger partial charge < -0.3 is 23.9 Å². The average molecular weight is 399 g/mol. The van der Waals surface area contributed by atoms with Crippen LogP contribution in [-0.2, 0) is 4.74 Å². The number of fused-ring (bicyclic) bond motifs is 6. The first kappa shape index (κ1) is 19.5. The Hall–Kier alpha value is -2.80. The number of pyridine rings is 1. The number of carboxylic acid groups (broad SMARTS) is 1. The molecular weight excluding hydrogens is 374 g/mol. The van der Waals surface area contributed by atoms with E-state index in [4.69, 9.17) is 14.2 Å². The third-order valence-corrected chi connectivity index (χ3v) is 6.08. The number of rotatable bonds is 7. The summed E-state index contributed by atoms with van der Waals surface area (Å²) < 4.78 is 18.5. The maximum Gasteiger partial charge on any atom is 0.341 e. The molecule has 1 aromatic carbocycles. The van der Waals surface area contributed by atoms with Gasteiger partial charge in [0.1, 0.15) is 5.56 Å². The highest BCUT2D eigenvalue weighted by molar-refractivity contribution is 5.88. The molecule has 0 bridgehead atoms. The number of ether oxygens (including phenoxy) is 3. The molecule has 2 aromatic rings. The number of aromatic carboxylic acids is 1. The molecule has 1 aliphatic heterocycles. The molecule has 0 amide bonds. The SMILES string of the molecule is COCCCOc1cc2c(cc1OC)-c1cc(=O)c(C(=O)O)cn1C1[C@@H]2C1(C)C. The van der Waals surface area contributed by atoms with Crippen LogP contribution >= 0.6 is 0 Å². The van der Waals surface area contributed by atoms with E-state index in [-0.39, 0.29) is 22.9 Å². The molecule has 154 valence electrons. The molecule has 1 fully saturated rings. The second-order valence-corrected chi connectivity index (χ2v) is 8.18. The van der Waals surface area contributed by atoms with E-state index in [0.717, 1.165) is 17.5 Å². The van der Waals surface area contributed by atoms with Crippen LogP contribution in [0.1, 0.15) is 48.1 Å². The van der Waals surface area contributed by atoms with Crippen LogP contribution in [0.4, 0.5) is 0 Å². The highest BCUT2D eigenvalue weighted by Crippen LogP contribution is 2.71. The lowest BCUT2D eigenvalue weighted by molar-refractivity contribution is 0.0694. The minimum atomic E-state index is -1.21. The molecule has 29 heavy (non-hydrogen) atoms. The van der Waals surface area contributed by atoms with Gasteiger partial charge in [-0.1, -0.05) is 13.8 Å². The number of carbonyl (C=O) groups is 1. The van der Waals surface area contributed by atoms with Crippen LogP contribution < -0.4 is 14.9 Å². The number of hydrogen-bond donors (Lipinski definition) is 1. The molecule has 7 heteroatoms. The Kier molecular flexibility index (Phi) is 4.65. The standard InChI is InChI=1S/C22H25NO6/c1-22(2)19-13-9-18(29-7-5-6-27-3)17(28-4)8-12(13)15-10-16(24)14(21(25)26)11-23(15)20(19)22/h8-11,19-20H,5-7H2,1-4H3,(H,25,26)/t19-,20?/m1/s1. The molecule has 2 aliphatic rings. The Bertz CT molecular complexity index is 1040.